The Balaban J connectivity index is 2.18. The third kappa shape index (κ3) is 3.48. The van der Waals surface area contributed by atoms with E-state index >= 15 is 0 Å². The smallest absolute Gasteiger partial charge is 0.0834 e. The molecule has 0 bridgehead atoms. The molecule has 3 N–H and O–H groups in total. The molecule has 0 amide bonds. The number of aromatic nitrogens is 2. The van der Waals surface area contributed by atoms with E-state index in [2.05, 4.69) is 29.5 Å². The molecule has 1 atom stereocenters. The highest BCUT2D eigenvalue weighted by molar-refractivity contribution is 6.31. The zero-order chi connectivity index (χ0) is 13.8. The molecule has 0 saturated heterocycles. The third-order valence-corrected chi connectivity index (χ3v) is 4.23. The maximum Gasteiger partial charge on any atom is 0.0834 e. The zero-order valence-corrected chi connectivity index (χ0v) is 12.5. The molecule has 1 unspecified atom stereocenters. The molecule has 1 aromatic heterocycles. The Morgan fingerprint density at radius 3 is 2.79 bits per heavy atom. The lowest BCUT2D eigenvalue weighted by molar-refractivity contribution is 0.329. The van der Waals surface area contributed by atoms with Crippen molar-refractivity contribution in [2.75, 3.05) is 20.6 Å². The maximum atomic E-state index is 6.32. The lowest BCUT2D eigenvalue weighted by atomic mass is 9.96. The normalized spacial score (nSPS) is 18.4. The van der Waals surface area contributed by atoms with E-state index in [0.29, 0.717) is 10.9 Å². The number of hydrogen-bond donors (Lipinski definition) is 2. The van der Waals surface area contributed by atoms with Gasteiger partial charge in [0.25, 0.3) is 0 Å². The second-order valence-corrected chi connectivity index (χ2v) is 6.00. The van der Waals surface area contributed by atoms with Gasteiger partial charge in [-0.15, -0.1) is 0 Å². The van der Waals surface area contributed by atoms with Crippen LogP contribution in [-0.4, -0.2) is 35.3 Å². The fraction of sp³-hybridized carbons (Fsp3) is 0.769. The Hall–Kier alpha value is -0.620. The van der Waals surface area contributed by atoms with Gasteiger partial charge >= 0.3 is 0 Å². The van der Waals surface area contributed by atoms with Crippen LogP contribution in [0, 0.1) is 5.92 Å². The van der Waals surface area contributed by atoms with Gasteiger partial charge in [0, 0.05) is 6.54 Å². The molecule has 0 radical (unpaired) electrons. The molecule has 2 rings (SSSR count). The van der Waals surface area contributed by atoms with Crippen molar-refractivity contribution in [3.8, 4) is 0 Å². The highest BCUT2D eigenvalue weighted by Gasteiger charge is 2.29. The highest BCUT2D eigenvalue weighted by atomic mass is 35.5. The average Bonchev–Trinajstić information content (AvgIpc) is 3.00. The van der Waals surface area contributed by atoms with Crippen molar-refractivity contribution >= 4 is 11.6 Å². The molecule has 0 aliphatic heterocycles. The molecular weight excluding hydrogens is 262 g/mol. The number of halogens is 1. The Morgan fingerprint density at radius 1 is 1.53 bits per heavy atom. The van der Waals surface area contributed by atoms with Crippen molar-refractivity contribution in [1.82, 2.24) is 20.1 Å². The van der Waals surface area contributed by atoms with E-state index in [-0.39, 0.29) is 6.04 Å². The molecule has 1 aromatic rings. The third-order valence-electron chi connectivity index (χ3n) is 3.94. The van der Waals surface area contributed by atoms with Gasteiger partial charge in [-0.25, -0.2) is 0 Å². The maximum absolute atomic E-state index is 6.32. The van der Waals surface area contributed by atoms with Gasteiger partial charge in [0.15, 0.2) is 0 Å². The van der Waals surface area contributed by atoms with Crippen molar-refractivity contribution in [2.45, 2.75) is 38.3 Å². The van der Waals surface area contributed by atoms with E-state index in [4.69, 9.17) is 17.4 Å². The summed E-state index contributed by atoms with van der Waals surface area (Å²) < 4.78 is 1.99. The van der Waals surface area contributed by atoms with Crippen LogP contribution < -0.4 is 11.3 Å². The monoisotopic (exact) mass is 285 g/mol. The van der Waals surface area contributed by atoms with Crippen LogP contribution in [0.4, 0.5) is 0 Å². The SMILES string of the molecule is CN(C)CCn1ncc(Cl)c1C(NN)C1CCCC1. The molecule has 108 valence electrons. The summed E-state index contributed by atoms with van der Waals surface area (Å²) in [5.74, 6) is 6.34. The van der Waals surface area contributed by atoms with Gasteiger partial charge in [-0.2, -0.15) is 5.10 Å². The number of hydrogen-bond acceptors (Lipinski definition) is 4. The van der Waals surface area contributed by atoms with Gasteiger partial charge in [-0.3, -0.25) is 16.0 Å². The van der Waals surface area contributed by atoms with Gasteiger partial charge in [-0.1, -0.05) is 24.4 Å². The molecule has 0 aromatic carbocycles. The van der Waals surface area contributed by atoms with Gasteiger partial charge in [0.2, 0.25) is 0 Å². The summed E-state index contributed by atoms with van der Waals surface area (Å²) in [7, 11) is 4.11. The van der Waals surface area contributed by atoms with Crippen molar-refractivity contribution in [3.63, 3.8) is 0 Å². The molecule has 1 heterocycles. The van der Waals surface area contributed by atoms with Gasteiger partial charge in [0.1, 0.15) is 0 Å². The van der Waals surface area contributed by atoms with E-state index in [9.17, 15) is 0 Å². The quantitative estimate of drug-likeness (QED) is 0.618. The lowest BCUT2D eigenvalue weighted by Gasteiger charge is -2.24. The highest BCUT2D eigenvalue weighted by Crippen LogP contribution is 2.37. The average molecular weight is 286 g/mol. The molecule has 0 spiro atoms. The summed E-state index contributed by atoms with van der Waals surface area (Å²) in [6, 6.07) is 0.111. The lowest BCUT2D eigenvalue weighted by Crippen LogP contribution is -2.35. The number of nitrogens with zero attached hydrogens (tertiary/aromatic N) is 3. The Bertz CT molecular complexity index is 398. The Kier molecular flexibility index (Phi) is 5.21. The largest absolute Gasteiger partial charge is 0.308 e. The van der Waals surface area contributed by atoms with Crippen molar-refractivity contribution in [1.29, 1.82) is 0 Å². The van der Waals surface area contributed by atoms with Gasteiger partial charge in [0.05, 0.1) is 29.5 Å². The summed E-state index contributed by atoms with van der Waals surface area (Å²) in [5.41, 5.74) is 4.00. The van der Waals surface area contributed by atoms with Gasteiger partial charge < -0.3 is 4.90 Å². The molecular formula is C13H24ClN5. The number of hydrazine groups is 1. The van der Waals surface area contributed by atoms with Crippen LogP contribution in [0.2, 0.25) is 5.02 Å². The number of likely N-dealkylation sites (N-methyl/N-ethyl adjacent to an activating group) is 1. The van der Waals surface area contributed by atoms with E-state index in [1.165, 1.54) is 25.7 Å². The number of nitrogens with one attached hydrogen (secondary N) is 1. The standard InChI is InChI=1S/C13H24ClN5/c1-18(2)7-8-19-13(11(14)9-16-19)12(17-15)10-5-3-4-6-10/h9-10,12,17H,3-8,15H2,1-2H3. The molecule has 5 nitrogen and oxygen atoms in total. The van der Waals surface area contributed by atoms with E-state index in [1.54, 1.807) is 6.20 Å². The predicted molar refractivity (Wildman–Crippen MR) is 77.8 cm³/mol. The fourth-order valence-corrected chi connectivity index (χ4v) is 3.14. The summed E-state index contributed by atoms with van der Waals surface area (Å²) in [5, 5.41) is 5.11. The summed E-state index contributed by atoms with van der Waals surface area (Å²) >= 11 is 6.32. The van der Waals surface area contributed by atoms with Crippen LogP contribution in [-0.2, 0) is 6.54 Å². The first-order valence-corrected chi connectivity index (χ1v) is 7.33. The molecule has 19 heavy (non-hydrogen) atoms. The minimum atomic E-state index is 0.111. The summed E-state index contributed by atoms with van der Waals surface area (Å²) in [4.78, 5) is 2.14. The molecule has 1 aliphatic rings. The second kappa shape index (κ2) is 6.70. The molecule has 1 aliphatic carbocycles. The summed E-state index contributed by atoms with van der Waals surface area (Å²) in [6.07, 6.45) is 6.72. The first-order chi connectivity index (χ1) is 9.13. The van der Waals surface area contributed by atoms with Crippen molar-refractivity contribution < 1.29 is 0 Å². The fourth-order valence-electron chi connectivity index (χ4n) is 2.88. The van der Waals surface area contributed by atoms with Crippen LogP contribution in [0.25, 0.3) is 0 Å². The van der Waals surface area contributed by atoms with Crippen molar-refractivity contribution in [3.05, 3.63) is 16.9 Å². The first kappa shape index (κ1) is 14.8. The van der Waals surface area contributed by atoms with Crippen LogP contribution in [0.1, 0.15) is 37.4 Å². The topological polar surface area (TPSA) is 59.1 Å². The van der Waals surface area contributed by atoms with Crippen LogP contribution in [0.5, 0.6) is 0 Å². The number of nitrogens with two attached hydrogens (primary N) is 1. The molecule has 6 heteroatoms. The Labute approximate surface area is 120 Å². The van der Waals surface area contributed by atoms with E-state index < -0.39 is 0 Å². The minimum absolute atomic E-state index is 0.111. The molecule has 1 saturated carbocycles. The molecule has 1 fully saturated rings. The Morgan fingerprint density at radius 2 is 2.21 bits per heavy atom. The second-order valence-electron chi connectivity index (χ2n) is 5.59. The number of rotatable bonds is 6. The minimum Gasteiger partial charge on any atom is -0.308 e. The van der Waals surface area contributed by atoms with Gasteiger partial charge in [-0.05, 0) is 32.9 Å². The van der Waals surface area contributed by atoms with Crippen LogP contribution in [0.15, 0.2) is 6.20 Å². The zero-order valence-electron chi connectivity index (χ0n) is 11.8. The van der Waals surface area contributed by atoms with E-state index in [1.807, 2.05) is 4.68 Å². The predicted octanol–water partition coefficient (Wildman–Crippen LogP) is 1.79. The first-order valence-electron chi connectivity index (χ1n) is 6.95. The van der Waals surface area contributed by atoms with Crippen LogP contribution >= 0.6 is 11.6 Å². The van der Waals surface area contributed by atoms with Crippen molar-refractivity contribution in [2.24, 2.45) is 11.8 Å². The van der Waals surface area contributed by atoms with Crippen LogP contribution in [0.3, 0.4) is 0 Å². The summed E-state index contributed by atoms with van der Waals surface area (Å²) in [6.45, 7) is 1.77. The van der Waals surface area contributed by atoms with E-state index in [0.717, 1.165) is 18.8 Å².